The van der Waals surface area contributed by atoms with Gasteiger partial charge < -0.3 is 15.4 Å². The first-order chi connectivity index (χ1) is 8.72. The zero-order valence-corrected chi connectivity index (χ0v) is 10.6. The first-order valence-electron chi connectivity index (χ1n) is 5.80. The van der Waals surface area contributed by atoms with Gasteiger partial charge in [-0.05, 0) is 18.6 Å². The molecule has 0 radical (unpaired) electrons. The maximum atomic E-state index is 11.5. The number of ether oxygens (including phenoxy) is 1. The lowest BCUT2D eigenvalue weighted by Crippen LogP contribution is -2.30. The van der Waals surface area contributed by atoms with Gasteiger partial charge in [-0.2, -0.15) is 5.26 Å². The van der Waals surface area contributed by atoms with Crippen molar-refractivity contribution in [2.24, 2.45) is 0 Å². The molecule has 96 valence electrons. The highest BCUT2D eigenvalue weighted by atomic mass is 16.5. The zero-order chi connectivity index (χ0) is 13.4. The Bertz CT molecular complexity index is 452. The SMILES string of the molecule is CCCNC(=O)CNc1c(C#N)cccc1OC. The largest absolute Gasteiger partial charge is 0.495 e. The van der Waals surface area contributed by atoms with Crippen molar-refractivity contribution in [2.75, 3.05) is 25.5 Å². The molecule has 2 N–H and O–H groups in total. The summed E-state index contributed by atoms with van der Waals surface area (Å²) in [6.45, 7) is 2.76. The number of rotatable bonds is 6. The van der Waals surface area contributed by atoms with Crippen LogP contribution in [0.1, 0.15) is 18.9 Å². The summed E-state index contributed by atoms with van der Waals surface area (Å²) >= 11 is 0. The van der Waals surface area contributed by atoms with E-state index < -0.39 is 0 Å². The van der Waals surface area contributed by atoms with Gasteiger partial charge >= 0.3 is 0 Å². The molecule has 0 spiro atoms. The minimum Gasteiger partial charge on any atom is -0.495 e. The maximum absolute atomic E-state index is 11.5. The van der Waals surface area contributed by atoms with Gasteiger partial charge in [0.2, 0.25) is 5.91 Å². The van der Waals surface area contributed by atoms with Crippen molar-refractivity contribution in [3.8, 4) is 11.8 Å². The number of nitrogens with one attached hydrogen (secondary N) is 2. The molecule has 0 aliphatic heterocycles. The van der Waals surface area contributed by atoms with Crippen LogP contribution in [0, 0.1) is 11.3 Å². The van der Waals surface area contributed by atoms with Gasteiger partial charge in [-0.3, -0.25) is 4.79 Å². The highest BCUT2D eigenvalue weighted by molar-refractivity contribution is 5.82. The Hall–Kier alpha value is -2.22. The number of carbonyl (C=O) groups is 1. The summed E-state index contributed by atoms with van der Waals surface area (Å²) in [6.07, 6.45) is 0.893. The molecule has 1 amide bonds. The summed E-state index contributed by atoms with van der Waals surface area (Å²) in [6, 6.07) is 7.22. The van der Waals surface area contributed by atoms with Gasteiger partial charge in [0.25, 0.3) is 0 Å². The van der Waals surface area contributed by atoms with Crippen LogP contribution in [-0.2, 0) is 4.79 Å². The second kappa shape index (κ2) is 7.17. The molecule has 0 bridgehead atoms. The van der Waals surface area contributed by atoms with E-state index in [1.807, 2.05) is 6.92 Å². The first-order valence-corrected chi connectivity index (χ1v) is 5.80. The van der Waals surface area contributed by atoms with Crippen molar-refractivity contribution in [3.63, 3.8) is 0 Å². The monoisotopic (exact) mass is 247 g/mol. The van der Waals surface area contributed by atoms with Gasteiger partial charge in [0.15, 0.2) is 0 Å². The molecule has 0 saturated heterocycles. The zero-order valence-electron chi connectivity index (χ0n) is 10.6. The number of nitrogens with zero attached hydrogens (tertiary/aromatic N) is 1. The molecule has 5 heteroatoms. The lowest BCUT2D eigenvalue weighted by Gasteiger charge is -2.12. The lowest BCUT2D eigenvalue weighted by atomic mass is 10.2. The van der Waals surface area contributed by atoms with E-state index in [0.29, 0.717) is 23.5 Å². The van der Waals surface area contributed by atoms with Crippen molar-refractivity contribution in [1.82, 2.24) is 5.32 Å². The normalized spacial score (nSPS) is 9.39. The van der Waals surface area contributed by atoms with E-state index in [1.165, 1.54) is 7.11 Å². The topological polar surface area (TPSA) is 74.2 Å². The van der Waals surface area contributed by atoms with Gasteiger partial charge in [0.1, 0.15) is 11.8 Å². The molecule has 0 saturated carbocycles. The molecule has 1 aromatic rings. The molecule has 0 atom stereocenters. The Labute approximate surface area is 107 Å². The van der Waals surface area contributed by atoms with Gasteiger partial charge in [-0.25, -0.2) is 0 Å². The predicted molar refractivity (Wildman–Crippen MR) is 69.5 cm³/mol. The summed E-state index contributed by atoms with van der Waals surface area (Å²) in [4.78, 5) is 11.5. The summed E-state index contributed by atoms with van der Waals surface area (Å²) in [5, 5.41) is 14.7. The number of para-hydroxylation sites is 1. The molecule has 0 aromatic heterocycles. The Morgan fingerprint density at radius 2 is 2.28 bits per heavy atom. The predicted octanol–water partition coefficient (Wildman–Crippen LogP) is 1.50. The molecule has 1 aromatic carbocycles. The fourth-order valence-electron chi connectivity index (χ4n) is 1.47. The number of methoxy groups -OCH3 is 1. The highest BCUT2D eigenvalue weighted by Gasteiger charge is 2.09. The lowest BCUT2D eigenvalue weighted by molar-refractivity contribution is -0.119. The van der Waals surface area contributed by atoms with Crippen LogP contribution in [0.15, 0.2) is 18.2 Å². The number of amides is 1. The minimum atomic E-state index is -0.105. The fraction of sp³-hybridized carbons (Fsp3) is 0.385. The van der Waals surface area contributed by atoms with E-state index in [9.17, 15) is 4.79 Å². The minimum absolute atomic E-state index is 0.105. The number of anilines is 1. The van der Waals surface area contributed by atoms with Crippen molar-refractivity contribution in [1.29, 1.82) is 5.26 Å². The van der Waals surface area contributed by atoms with Crippen LogP contribution in [-0.4, -0.2) is 26.1 Å². The van der Waals surface area contributed by atoms with E-state index >= 15 is 0 Å². The van der Waals surface area contributed by atoms with Gasteiger partial charge in [-0.1, -0.05) is 13.0 Å². The van der Waals surface area contributed by atoms with Crippen LogP contribution < -0.4 is 15.4 Å². The summed E-state index contributed by atoms with van der Waals surface area (Å²) in [7, 11) is 1.53. The Morgan fingerprint density at radius 3 is 2.89 bits per heavy atom. The third-order valence-electron chi connectivity index (χ3n) is 2.36. The summed E-state index contributed by atoms with van der Waals surface area (Å²) in [5.74, 6) is 0.448. The van der Waals surface area contributed by atoms with Crippen molar-refractivity contribution in [2.45, 2.75) is 13.3 Å². The van der Waals surface area contributed by atoms with Gasteiger partial charge in [-0.15, -0.1) is 0 Å². The molecule has 0 unspecified atom stereocenters. The van der Waals surface area contributed by atoms with Crippen molar-refractivity contribution < 1.29 is 9.53 Å². The Kier molecular flexibility index (Phi) is 5.52. The van der Waals surface area contributed by atoms with Crippen LogP contribution in [0.4, 0.5) is 5.69 Å². The van der Waals surface area contributed by atoms with E-state index in [4.69, 9.17) is 10.00 Å². The average molecular weight is 247 g/mol. The molecular formula is C13H17N3O2. The molecule has 0 aliphatic rings. The fourth-order valence-corrected chi connectivity index (χ4v) is 1.47. The van der Waals surface area contributed by atoms with Crippen molar-refractivity contribution in [3.05, 3.63) is 23.8 Å². The van der Waals surface area contributed by atoms with Crippen LogP contribution in [0.25, 0.3) is 0 Å². The number of hydrogen-bond acceptors (Lipinski definition) is 4. The molecule has 0 heterocycles. The third-order valence-corrected chi connectivity index (χ3v) is 2.36. The smallest absolute Gasteiger partial charge is 0.239 e. The van der Waals surface area contributed by atoms with Crippen LogP contribution in [0.3, 0.4) is 0 Å². The highest BCUT2D eigenvalue weighted by Crippen LogP contribution is 2.27. The Balaban J connectivity index is 2.72. The Morgan fingerprint density at radius 1 is 1.50 bits per heavy atom. The summed E-state index contributed by atoms with van der Waals surface area (Å²) in [5.41, 5.74) is 1.01. The molecule has 0 aliphatic carbocycles. The number of carbonyl (C=O) groups excluding carboxylic acids is 1. The maximum Gasteiger partial charge on any atom is 0.239 e. The van der Waals surface area contributed by atoms with E-state index in [2.05, 4.69) is 16.7 Å². The molecule has 0 fully saturated rings. The van der Waals surface area contributed by atoms with Gasteiger partial charge in [0, 0.05) is 6.54 Å². The van der Waals surface area contributed by atoms with E-state index in [-0.39, 0.29) is 12.5 Å². The number of hydrogen-bond donors (Lipinski definition) is 2. The molecular weight excluding hydrogens is 230 g/mol. The standard InChI is InChI=1S/C13H17N3O2/c1-3-7-15-12(17)9-16-13-10(8-14)5-4-6-11(13)18-2/h4-6,16H,3,7,9H2,1-2H3,(H,15,17). The second-order valence-electron chi connectivity index (χ2n) is 3.70. The van der Waals surface area contributed by atoms with Crippen LogP contribution >= 0.6 is 0 Å². The van der Waals surface area contributed by atoms with E-state index in [0.717, 1.165) is 6.42 Å². The van der Waals surface area contributed by atoms with Crippen LogP contribution in [0.5, 0.6) is 5.75 Å². The average Bonchev–Trinajstić information content (AvgIpc) is 2.42. The first kappa shape index (κ1) is 13.8. The summed E-state index contributed by atoms with van der Waals surface area (Å²) < 4.78 is 5.16. The van der Waals surface area contributed by atoms with E-state index in [1.54, 1.807) is 18.2 Å². The second-order valence-corrected chi connectivity index (χ2v) is 3.70. The number of benzene rings is 1. The molecule has 1 rings (SSSR count). The van der Waals surface area contributed by atoms with Gasteiger partial charge in [0.05, 0.1) is 24.9 Å². The third kappa shape index (κ3) is 3.67. The quantitative estimate of drug-likeness (QED) is 0.799. The number of nitriles is 1. The molecule has 5 nitrogen and oxygen atoms in total. The van der Waals surface area contributed by atoms with Crippen LogP contribution in [0.2, 0.25) is 0 Å². The molecule has 18 heavy (non-hydrogen) atoms. The van der Waals surface area contributed by atoms with Crippen molar-refractivity contribution >= 4 is 11.6 Å².